The molecule has 0 amide bonds. The van der Waals surface area contributed by atoms with Gasteiger partial charge in [0, 0.05) is 0 Å². The van der Waals surface area contributed by atoms with Gasteiger partial charge < -0.3 is 15.6 Å². The first-order valence-corrected chi connectivity index (χ1v) is 5.29. The Bertz CT molecular complexity index is 326. The summed E-state index contributed by atoms with van der Waals surface area (Å²) < 4.78 is 4.99. The molecule has 2 unspecified atom stereocenters. The molecule has 0 fully saturated rings. The van der Waals surface area contributed by atoms with E-state index in [-0.39, 0.29) is 6.61 Å². The first-order valence-electron chi connectivity index (χ1n) is 5.29. The lowest BCUT2D eigenvalue weighted by Crippen LogP contribution is -2.42. The molecule has 1 rings (SSSR count). The minimum atomic E-state index is -0.964. The summed E-state index contributed by atoms with van der Waals surface area (Å²) in [5.74, 6) is -0.571. The summed E-state index contributed by atoms with van der Waals surface area (Å²) in [6.45, 7) is 1.94. The van der Waals surface area contributed by atoms with Gasteiger partial charge in [0.25, 0.3) is 0 Å². The van der Waals surface area contributed by atoms with Crippen LogP contribution in [0.3, 0.4) is 0 Å². The largest absolute Gasteiger partial charge is 0.460 e. The molecule has 0 aliphatic heterocycles. The molecule has 0 radical (unpaired) electrons. The molecule has 0 aromatic heterocycles. The van der Waals surface area contributed by atoms with Gasteiger partial charge in [0.15, 0.2) is 0 Å². The van der Waals surface area contributed by atoms with Gasteiger partial charge in [0.1, 0.15) is 12.6 Å². The predicted octanol–water partition coefficient (Wildman–Crippen LogP) is 0.828. The van der Waals surface area contributed by atoms with Crippen molar-refractivity contribution in [3.8, 4) is 0 Å². The molecule has 0 heterocycles. The smallest absolute Gasteiger partial charge is 0.325 e. The van der Waals surface area contributed by atoms with Crippen LogP contribution in [0.25, 0.3) is 0 Å². The van der Waals surface area contributed by atoms with E-state index in [9.17, 15) is 9.90 Å². The highest BCUT2D eigenvalue weighted by molar-refractivity contribution is 5.76. The predicted molar refractivity (Wildman–Crippen MR) is 60.5 cm³/mol. The third-order valence-electron chi connectivity index (χ3n) is 2.33. The van der Waals surface area contributed by atoms with Gasteiger partial charge in [0.05, 0.1) is 6.10 Å². The molecule has 4 nitrogen and oxygen atoms in total. The number of hydrogen-bond donors (Lipinski definition) is 2. The van der Waals surface area contributed by atoms with Crippen LogP contribution in [0.4, 0.5) is 0 Å². The second-order valence-corrected chi connectivity index (χ2v) is 3.59. The summed E-state index contributed by atoms with van der Waals surface area (Å²) in [6.07, 6.45) is -0.412. The third-order valence-corrected chi connectivity index (χ3v) is 2.33. The lowest BCUT2D eigenvalue weighted by atomic mass is 10.1. The highest BCUT2D eigenvalue weighted by Gasteiger charge is 2.22. The van der Waals surface area contributed by atoms with Gasteiger partial charge in [-0.3, -0.25) is 4.79 Å². The van der Waals surface area contributed by atoms with Crippen molar-refractivity contribution in [1.82, 2.24) is 0 Å². The van der Waals surface area contributed by atoms with Crippen molar-refractivity contribution in [2.45, 2.75) is 32.1 Å². The molecule has 0 aliphatic rings. The molecule has 1 aromatic carbocycles. The summed E-state index contributed by atoms with van der Waals surface area (Å²) in [4.78, 5) is 11.4. The van der Waals surface area contributed by atoms with Crippen molar-refractivity contribution in [2.75, 3.05) is 0 Å². The minimum absolute atomic E-state index is 0.184. The first-order chi connectivity index (χ1) is 7.65. The van der Waals surface area contributed by atoms with Crippen molar-refractivity contribution in [3.05, 3.63) is 35.9 Å². The highest BCUT2D eigenvalue weighted by Crippen LogP contribution is 2.03. The van der Waals surface area contributed by atoms with E-state index >= 15 is 0 Å². The number of aliphatic hydroxyl groups excluding tert-OH is 1. The molecule has 0 saturated carbocycles. The van der Waals surface area contributed by atoms with Crippen molar-refractivity contribution < 1.29 is 14.6 Å². The molecular formula is C12H17NO3. The Morgan fingerprint density at radius 3 is 2.62 bits per heavy atom. The van der Waals surface area contributed by atoms with Crippen LogP contribution in [-0.2, 0) is 16.1 Å². The quantitative estimate of drug-likeness (QED) is 0.725. The minimum Gasteiger partial charge on any atom is -0.460 e. The molecule has 1 aromatic rings. The van der Waals surface area contributed by atoms with Crippen LogP contribution in [0.2, 0.25) is 0 Å². The number of hydrogen-bond acceptors (Lipinski definition) is 4. The lowest BCUT2D eigenvalue weighted by molar-refractivity contribution is -0.149. The normalized spacial score (nSPS) is 14.2. The maximum absolute atomic E-state index is 11.4. The molecular weight excluding hydrogens is 206 g/mol. The van der Waals surface area contributed by atoms with Crippen molar-refractivity contribution >= 4 is 5.97 Å². The van der Waals surface area contributed by atoms with Gasteiger partial charge in [-0.2, -0.15) is 0 Å². The molecule has 0 bridgehead atoms. The summed E-state index contributed by atoms with van der Waals surface area (Å²) in [5.41, 5.74) is 6.41. The Balaban J connectivity index is 2.41. The molecule has 0 aliphatic carbocycles. The van der Waals surface area contributed by atoms with Crippen LogP contribution in [-0.4, -0.2) is 23.2 Å². The van der Waals surface area contributed by atoms with Crippen molar-refractivity contribution in [2.24, 2.45) is 5.73 Å². The molecule has 4 heteroatoms. The average molecular weight is 223 g/mol. The standard InChI is InChI=1S/C12H17NO3/c1-2-10(14)11(13)12(15)16-8-9-6-4-3-5-7-9/h3-7,10-11,14H,2,8,13H2,1H3. The summed E-state index contributed by atoms with van der Waals surface area (Å²) in [6, 6.07) is 8.37. The Morgan fingerprint density at radius 2 is 2.06 bits per heavy atom. The van der Waals surface area contributed by atoms with Crippen LogP contribution < -0.4 is 5.73 Å². The SMILES string of the molecule is CCC(O)C(N)C(=O)OCc1ccccc1. The number of ether oxygens (including phenoxy) is 1. The Hall–Kier alpha value is -1.39. The molecule has 0 spiro atoms. The second-order valence-electron chi connectivity index (χ2n) is 3.59. The van der Waals surface area contributed by atoms with Crippen LogP contribution in [0.1, 0.15) is 18.9 Å². The second kappa shape index (κ2) is 6.25. The fraction of sp³-hybridized carbons (Fsp3) is 0.417. The van der Waals surface area contributed by atoms with Gasteiger partial charge in [-0.05, 0) is 12.0 Å². The maximum atomic E-state index is 11.4. The van der Waals surface area contributed by atoms with Gasteiger partial charge in [0.2, 0.25) is 0 Å². The van der Waals surface area contributed by atoms with Crippen molar-refractivity contribution in [3.63, 3.8) is 0 Å². The van der Waals surface area contributed by atoms with E-state index in [1.165, 1.54) is 0 Å². The van der Waals surface area contributed by atoms with E-state index < -0.39 is 18.1 Å². The highest BCUT2D eigenvalue weighted by atomic mass is 16.5. The molecule has 2 atom stereocenters. The number of rotatable bonds is 5. The van der Waals surface area contributed by atoms with Gasteiger partial charge in [-0.15, -0.1) is 0 Å². The zero-order chi connectivity index (χ0) is 12.0. The molecule has 88 valence electrons. The van der Waals surface area contributed by atoms with Gasteiger partial charge >= 0.3 is 5.97 Å². The Labute approximate surface area is 95.0 Å². The van der Waals surface area contributed by atoms with E-state index in [2.05, 4.69) is 0 Å². The maximum Gasteiger partial charge on any atom is 0.325 e. The first kappa shape index (κ1) is 12.7. The molecule has 16 heavy (non-hydrogen) atoms. The monoisotopic (exact) mass is 223 g/mol. The number of carbonyl (C=O) groups is 1. The van der Waals surface area contributed by atoms with Crippen LogP contribution in [0.15, 0.2) is 30.3 Å². The van der Waals surface area contributed by atoms with Gasteiger partial charge in [-0.1, -0.05) is 37.3 Å². The number of benzene rings is 1. The van der Waals surface area contributed by atoms with Crippen LogP contribution >= 0.6 is 0 Å². The van der Waals surface area contributed by atoms with E-state index in [4.69, 9.17) is 10.5 Å². The zero-order valence-corrected chi connectivity index (χ0v) is 9.30. The van der Waals surface area contributed by atoms with Crippen LogP contribution in [0, 0.1) is 0 Å². The molecule has 0 saturated heterocycles. The van der Waals surface area contributed by atoms with Gasteiger partial charge in [-0.25, -0.2) is 0 Å². The summed E-state index contributed by atoms with van der Waals surface area (Å²) in [5, 5.41) is 9.37. The lowest BCUT2D eigenvalue weighted by Gasteiger charge is -2.15. The number of carbonyl (C=O) groups excluding carboxylic acids is 1. The third kappa shape index (κ3) is 3.64. The summed E-state index contributed by atoms with van der Waals surface area (Å²) in [7, 11) is 0. The topological polar surface area (TPSA) is 72.5 Å². The van der Waals surface area contributed by atoms with Crippen molar-refractivity contribution in [1.29, 1.82) is 0 Å². The fourth-order valence-corrected chi connectivity index (χ4v) is 1.24. The number of esters is 1. The summed E-state index contributed by atoms with van der Waals surface area (Å²) >= 11 is 0. The Morgan fingerprint density at radius 1 is 1.44 bits per heavy atom. The zero-order valence-electron chi connectivity index (χ0n) is 9.30. The van der Waals surface area contributed by atoms with E-state index in [0.717, 1.165) is 5.56 Å². The Kier molecular flexibility index (Phi) is 4.95. The number of nitrogens with two attached hydrogens (primary N) is 1. The van der Waals surface area contributed by atoms with Crippen LogP contribution in [0.5, 0.6) is 0 Å². The molecule has 3 N–H and O–H groups in total. The average Bonchev–Trinajstić information content (AvgIpc) is 2.35. The van der Waals surface area contributed by atoms with E-state index in [1.54, 1.807) is 6.92 Å². The van der Waals surface area contributed by atoms with E-state index in [0.29, 0.717) is 6.42 Å². The fourth-order valence-electron chi connectivity index (χ4n) is 1.24. The number of aliphatic hydroxyl groups is 1. The van der Waals surface area contributed by atoms with E-state index in [1.807, 2.05) is 30.3 Å².